The van der Waals surface area contributed by atoms with Crippen molar-refractivity contribution in [2.75, 3.05) is 33.2 Å². The number of hydrogen-bond donors (Lipinski definition) is 0. The zero-order valence-electron chi connectivity index (χ0n) is 14.3. The SMILES string of the molecule is CN1CC(CN2CCC3(CCc4ccccc43)CC2)CCC1=O. The number of fused-ring (bicyclic) bond motifs is 2. The van der Waals surface area contributed by atoms with Gasteiger partial charge in [0.2, 0.25) is 5.91 Å². The third-order valence-corrected chi connectivity index (χ3v) is 6.52. The van der Waals surface area contributed by atoms with Crippen LogP contribution in [0.1, 0.15) is 43.2 Å². The van der Waals surface area contributed by atoms with Crippen LogP contribution < -0.4 is 0 Å². The second kappa shape index (κ2) is 5.94. The van der Waals surface area contributed by atoms with Gasteiger partial charge in [-0.15, -0.1) is 0 Å². The first kappa shape index (κ1) is 15.2. The van der Waals surface area contributed by atoms with Crippen molar-refractivity contribution in [2.24, 2.45) is 5.92 Å². The van der Waals surface area contributed by atoms with E-state index < -0.39 is 0 Å². The summed E-state index contributed by atoms with van der Waals surface area (Å²) in [4.78, 5) is 16.2. The van der Waals surface area contributed by atoms with E-state index >= 15 is 0 Å². The standard InChI is InChI=1S/C20H28N2O/c1-21-14-16(6-7-19(21)23)15-22-12-10-20(11-13-22)9-8-17-4-2-3-5-18(17)20/h2-5,16H,6-15H2,1H3. The Bertz CT molecular complexity index is 589. The summed E-state index contributed by atoms with van der Waals surface area (Å²) >= 11 is 0. The van der Waals surface area contributed by atoms with E-state index in [0.29, 0.717) is 17.2 Å². The van der Waals surface area contributed by atoms with Crippen LogP contribution >= 0.6 is 0 Å². The predicted molar refractivity (Wildman–Crippen MR) is 92.5 cm³/mol. The minimum atomic E-state index is 0.321. The molecule has 2 fully saturated rings. The van der Waals surface area contributed by atoms with E-state index in [1.807, 2.05) is 11.9 Å². The highest BCUT2D eigenvalue weighted by atomic mass is 16.2. The smallest absolute Gasteiger partial charge is 0.222 e. The maximum absolute atomic E-state index is 11.6. The van der Waals surface area contributed by atoms with Crippen molar-refractivity contribution >= 4 is 5.91 Å². The molecule has 0 saturated carbocycles. The van der Waals surface area contributed by atoms with E-state index in [2.05, 4.69) is 29.2 Å². The van der Waals surface area contributed by atoms with Crippen LogP contribution in [-0.4, -0.2) is 48.9 Å². The zero-order chi connectivity index (χ0) is 15.9. The lowest BCUT2D eigenvalue weighted by Gasteiger charge is -2.42. The Labute approximate surface area is 139 Å². The van der Waals surface area contributed by atoms with Crippen LogP contribution in [0.2, 0.25) is 0 Å². The lowest BCUT2D eigenvalue weighted by Crippen LogP contribution is -2.46. The van der Waals surface area contributed by atoms with Crippen molar-refractivity contribution < 1.29 is 4.79 Å². The lowest BCUT2D eigenvalue weighted by atomic mass is 9.73. The van der Waals surface area contributed by atoms with Gasteiger partial charge in [0.25, 0.3) is 0 Å². The van der Waals surface area contributed by atoms with Gasteiger partial charge in [-0.05, 0) is 67.7 Å². The molecule has 124 valence electrons. The first-order valence-electron chi connectivity index (χ1n) is 9.21. The van der Waals surface area contributed by atoms with Crippen molar-refractivity contribution in [3.8, 4) is 0 Å². The van der Waals surface area contributed by atoms with Crippen LogP contribution in [0.25, 0.3) is 0 Å². The number of likely N-dealkylation sites (tertiary alicyclic amines) is 2. The predicted octanol–water partition coefficient (Wildman–Crippen LogP) is 2.83. The highest BCUT2D eigenvalue weighted by Crippen LogP contribution is 2.46. The molecule has 0 radical (unpaired) electrons. The summed E-state index contributed by atoms with van der Waals surface area (Å²) in [7, 11) is 1.95. The first-order valence-corrected chi connectivity index (χ1v) is 9.21. The monoisotopic (exact) mass is 312 g/mol. The van der Waals surface area contributed by atoms with Gasteiger partial charge in [-0.2, -0.15) is 0 Å². The highest BCUT2D eigenvalue weighted by Gasteiger charge is 2.41. The molecule has 0 N–H and O–H groups in total. The van der Waals surface area contributed by atoms with Crippen LogP contribution in [0.5, 0.6) is 0 Å². The van der Waals surface area contributed by atoms with Crippen LogP contribution in [0.4, 0.5) is 0 Å². The van der Waals surface area contributed by atoms with Gasteiger partial charge in [0, 0.05) is 26.6 Å². The largest absolute Gasteiger partial charge is 0.345 e. The maximum atomic E-state index is 11.6. The number of carbonyl (C=O) groups excluding carboxylic acids is 1. The van der Waals surface area contributed by atoms with Crippen molar-refractivity contribution in [2.45, 2.75) is 43.9 Å². The Morgan fingerprint density at radius 1 is 1.13 bits per heavy atom. The summed E-state index contributed by atoms with van der Waals surface area (Å²) in [5.41, 5.74) is 3.70. The molecular formula is C20H28N2O. The highest BCUT2D eigenvalue weighted by molar-refractivity contribution is 5.76. The van der Waals surface area contributed by atoms with Crippen LogP contribution in [0.15, 0.2) is 24.3 Å². The van der Waals surface area contributed by atoms with Gasteiger partial charge in [-0.3, -0.25) is 4.79 Å². The number of piperidine rings is 2. The minimum Gasteiger partial charge on any atom is -0.345 e. The van der Waals surface area contributed by atoms with Crippen molar-refractivity contribution in [3.63, 3.8) is 0 Å². The van der Waals surface area contributed by atoms with Gasteiger partial charge in [-0.25, -0.2) is 0 Å². The Kier molecular flexibility index (Phi) is 3.92. The topological polar surface area (TPSA) is 23.6 Å². The summed E-state index contributed by atoms with van der Waals surface area (Å²) in [5, 5.41) is 0. The molecule has 2 aliphatic heterocycles. The Hall–Kier alpha value is -1.35. The number of aryl methyl sites for hydroxylation is 1. The average molecular weight is 312 g/mol. The molecule has 1 atom stereocenters. The third-order valence-electron chi connectivity index (χ3n) is 6.52. The quantitative estimate of drug-likeness (QED) is 0.838. The molecule has 4 rings (SSSR count). The third kappa shape index (κ3) is 2.80. The number of rotatable bonds is 2. The molecule has 3 aliphatic rings. The van der Waals surface area contributed by atoms with Gasteiger partial charge in [0.05, 0.1) is 0 Å². The Balaban J connectivity index is 1.36. The first-order chi connectivity index (χ1) is 11.2. The second-order valence-electron chi connectivity index (χ2n) is 7.92. The van der Waals surface area contributed by atoms with Gasteiger partial charge in [0.1, 0.15) is 0 Å². The van der Waals surface area contributed by atoms with Crippen LogP contribution in [0.3, 0.4) is 0 Å². The Morgan fingerprint density at radius 3 is 2.70 bits per heavy atom. The number of nitrogens with zero attached hydrogens (tertiary/aromatic N) is 2. The van der Waals surface area contributed by atoms with Gasteiger partial charge in [-0.1, -0.05) is 24.3 Å². The number of hydrogen-bond acceptors (Lipinski definition) is 2. The van der Waals surface area contributed by atoms with Crippen molar-refractivity contribution in [1.82, 2.24) is 9.80 Å². The van der Waals surface area contributed by atoms with E-state index in [9.17, 15) is 4.79 Å². The molecule has 2 saturated heterocycles. The molecule has 1 spiro atoms. The summed E-state index contributed by atoms with van der Waals surface area (Å²) in [6.45, 7) is 4.57. The second-order valence-corrected chi connectivity index (χ2v) is 7.92. The number of carbonyl (C=O) groups is 1. The summed E-state index contributed by atoms with van der Waals surface area (Å²) in [5.74, 6) is 0.990. The molecule has 1 aromatic carbocycles. The fourth-order valence-corrected chi connectivity index (χ4v) is 5.06. The molecule has 1 aromatic rings. The van der Waals surface area contributed by atoms with Gasteiger partial charge in [0.15, 0.2) is 0 Å². The van der Waals surface area contributed by atoms with Gasteiger partial charge >= 0.3 is 0 Å². The summed E-state index contributed by atoms with van der Waals surface area (Å²) < 4.78 is 0. The molecule has 1 aliphatic carbocycles. The fraction of sp³-hybridized carbons (Fsp3) is 0.650. The fourth-order valence-electron chi connectivity index (χ4n) is 5.06. The average Bonchev–Trinajstić information content (AvgIpc) is 2.92. The Morgan fingerprint density at radius 2 is 1.91 bits per heavy atom. The minimum absolute atomic E-state index is 0.321. The molecule has 3 heteroatoms. The van der Waals surface area contributed by atoms with E-state index in [0.717, 1.165) is 19.4 Å². The van der Waals surface area contributed by atoms with Crippen LogP contribution in [-0.2, 0) is 16.6 Å². The molecular weight excluding hydrogens is 284 g/mol. The van der Waals surface area contributed by atoms with Crippen LogP contribution in [0, 0.1) is 5.92 Å². The molecule has 1 amide bonds. The number of amides is 1. The van der Waals surface area contributed by atoms with Crippen molar-refractivity contribution in [3.05, 3.63) is 35.4 Å². The molecule has 0 bridgehead atoms. The maximum Gasteiger partial charge on any atom is 0.222 e. The van der Waals surface area contributed by atoms with E-state index in [1.54, 1.807) is 11.1 Å². The van der Waals surface area contributed by atoms with Gasteiger partial charge < -0.3 is 9.80 Å². The molecule has 0 aromatic heterocycles. The summed E-state index contributed by atoms with van der Waals surface area (Å²) in [6, 6.07) is 9.10. The van der Waals surface area contributed by atoms with Crippen molar-refractivity contribution in [1.29, 1.82) is 0 Å². The molecule has 1 unspecified atom stereocenters. The normalized spacial score (nSPS) is 27.4. The van der Waals surface area contributed by atoms with E-state index in [4.69, 9.17) is 0 Å². The molecule has 3 nitrogen and oxygen atoms in total. The molecule has 2 heterocycles. The van der Waals surface area contributed by atoms with E-state index in [-0.39, 0.29) is 0 Å². The number of benzene rings is 1. The molecule has 23 heavy (non-hydrogen) atoms. The zero-order valence-corrected chi connectivity index (χ0v) is 14.3. The van der Waals surface area contributed by atoms with E-state index in [1.165, 1.54) is 45.3 Å². The lowest BCUT2D eigenvalue weighted by molar-refractivity contribution is -0.133. The summed E-state index contributed by atoms with van der Waals surface area (Å²) in [6.07, 6.45) is 7.06.